The lowest BCUT2D eigenvalue weighted by Crippen LogP contribution is -2.52. The summed E-state index contributed by atoms with van der Waals surface area (Å²) < 4.78 is 67.1. The summed E-state index contributed by atoms with van der Waals surface area (Å²) in [6.45, 7) is 9.30. The van der Waals surface area contributed by atoms with Gasteiger partial charge in [0, 0.05) is 44.3 Å². The number of rotatable bonds is 6. The van der Waals surface area contributed by atoms with Crippen LogP contribution in [0.3, 0.4) is 0 Å². The molecule has 12 heteroatoms. The van der Waals surface area contributed by atoms with Crippen LogP contribution in [0.25, 0.3) is 0 Å². The maximum absolute atomic E-state index is 12.7. The van der Waals surface area contributed by atoms with E-state index in [9.17, 15) is 21.6 Å². The number of hydrogen-bond donors (Lipinski definition) is 2. The number of alkyl halides is 3. The molecule has 2 fully saturated rings. The molecule has 170 valence electrons. The third-order valence-electron chi connectivity index (χ3n) is 5.27. The third-order valence-corrected chi connectivity index (χ3v) is 6.90. The number of sulfonamides is 1. The number of hydrogen-bond acceptors (Lipinski definition) is 5. The second-order valence-corrected chi connectivity index (χ2v) is 9.43. The van der Waals surface area contributed by atoms with Crippen molar-refractivity contribution in [2.24, 2.45) is 4.99 Å². The van der Waals surface area contributed by atoms with E-state index in [1.54, 1.807) is 0 Å². The summed E-state index contributed by atoms with van der Waals surface area (Å²) in [5.41, 5.74) is -5.25. The summed E-state index contributed by atoms with van der Waals surface area (Å²) in [4.78, 5) is 6.97. The zero-order chi connectivity index (χ0) is 21.7. The van der Waals surface area contributed by atoms with Crippen LogP contribution in [0.1, 0.15) is 33.6 Å². The maximum atomic E-state index is 12.7. The first kappa shape index (κ1) is 24.2. The van der Waals surface area contributed by atoms with Gasteiger partial charge in [-0.1, -0.05) is 0 Å². The Balaban J connectivity index is 1.90. The average Bonchev–Trinajstić information content (AvgIpc) is 2.66. The van der Waals surface area contributed by atoms with Crippen LogP contribution < -0.4 is 10.6 Å². The molecule has 2 rings (SSSR count). The number of aliphatic imine (C=N–C) groups is 1. The van der Waals surface area contributed by atoms with Crippen molar-refractivity contribution < 1.29 is 26.3 Å². The van der Waals surface area contributed by atoms with Crippen LogP contribution in [0.4, 0.5) is 13.2 Å². The van der Waals surface area contributed by atoms with E-state index in [1.165, 1.54) is 0 Å². The molecule has 0 aromatic carbocycles. The van der Waals surface area contributed by atoms with E-state index in [-0.39, 0.29) is 38.0 Å². The van der Waals surface area contributed by atoms with E-state index >= 15 is 0 Å². The Bertz CT molecular complexity index is 651. The molecule has 0 aliphatic carbocycles. The summed E-state index contributed by atoms with van der Waals surface area (Å²) in [5, 5.41) is 6.38. The third kappa shape index (κ3) is 6.43. The minimum atomic E-state index is -5.26. The van der Waals surface area contributed by atoms with E-state index in [1.807, 2.05) is 6.92 Å². The number of ether oxygens (including phenoxy) is 1. The zero-order valence-electron chi connectivity index (χ0n) is 17.2. The molecule has 29 heavy (non-hydrogen) atoms. The molecule has 2 N–H and O–H groups in total. The number of morpholine rings is 1. The molecule has 0 aromatic rings. The van der Waals surface area contributed by atoms with Crippen LogP contribution in [-0.2, 0) is 14.8 Å². The highest BCUT2D eigenvalue weighted by Gasteiger charge is 2.50. The summed E-state index contributed by atoms with van der Waals surface area (Å²) >= 11 is 0. The Morgan fingerprint density at radius 3 is 2.48 bits per heavy atom. The van der Waals surface area contributed by atoms with Gasteiger partial charge in [-0.05, 0) is 33.6 Å². The topological polar surface area (TPSA) is 86.3 Å². The number of nitrogens with one attached hydrogen (secondary N) is 2. The molecule has 2 saturated heterocycles. The predicted octanol–water partition coefficient (Wildman–Crippen LogP) is 0.965. The van der Waals surface area contributed by atoms with Crippen molar-refractivity contribution in [1.29, 1.82) is 0 Å². The monoisotopic (exact) mass is 443 g/mol. The van der Waals surface area contributed by atoms with Crippen molar-refractivity contribution in [2.75, 3.05) is 45.9 Å². The largest absolute Gasteiger partial charge is 0.511 e. The van der Waals surface area contributed by atoms with Gasteiger partial charge in [0.05, 0.1) is 19.8 Å². The second-order valence-electron chi connectivity index (χ2n) is 7.50. The molecule has 0 aromatic heterocycles. The van der Waals surface area contributed by atoms with E-state index < -0.39 is 15.5 Å². The van der Waals surface area contributed by atoms with Gasteiger partial charge in [-0.2, -0.15) is 17.5 Å². The first-order valence-electron chi connectivity index (χ1n) is 10.0. The highest BCUT2D eigenvalue weighted by Crippen LogP contribution is 2.28. The molecular weight excluding hydrogens is 411 g/mol. The van der Waals surface area contributed by atoms with Crippen molar-refractivity contribution >= 4 is 16.0 Å². The molecule has 2 unspecified atom stereocenters. The lowest BCUT2D eigenvalue weighted by Gasteiger charge is -2.37. The van der Waals surface area contributed by atoms with Gasteiger partial charge >= 0.3 is 15.5 Å². The fourth-order valence-corrected chi connectivity index (χ4v) is 4.61. The fourth-order valence-electron chi connectivity index (χ4n) is 3.62. The molecule has 0 amide bonds. The Labute approximate surface area is 170 Å². The van der Waals surface area contributed by atoms with Crippen molar-refractivity contribution in [1.82, 2.24) is 19.8 Å². The van der Waals surface area contributed by atoms with Crippen LogP contribution in [0.5, 0.6) is 0 Å². The Morgan fingerprint density at radius 1 is 1.28 bits per heavy atom. The van der Waals surface area contributed by atoms with Crippen molar-refractivity contribution in [3.63, 3.8) is 0 Å². The van der Waals surface area contributed by atoms with Crippen molar-refractivity contribution in [2.45, 2.75) is 57.2 Å². The predicted molar refractivity (Wildman–Crippen MR) is 105 cm³/mol. The van der Waals surface area contributed by atoms with Crippen LogP contribution in [0, 0.1) is 0 Å². The SMILES string of the molecule is CCNC(=NCC(C)N1CCOCC1C)NC1CCN(S(=O)(=O)C(F)(F)F)CC1. The number of nitrogens with zero attached hydrogens (tertiary/aromatic N) is 3. The van der Waals surface area contributed by atoms with E-state index in [2.05, 4.69) is 34.4 Å². The number of halogens is 3. The van der Waals surface area contributed by atoms with Gasteiger partial charge in [-0.25, -0.2) is 8.42 Å². The molecule has 0 spiro atoms. The molecule has 0 saturated carbocycles. The van der Waals surface area contributed by atoms with E-state index in [0.29, 0.717) is 42.6 Å². The average molecular weight is 444 g/mol. The highest BCUT2D eigenvalue weighted by atomic mass is 32.2. The number of piperidine rings is 1. The molecular formula is C17H32F3N5O3S. The second kappa shape index (κ2) is 10.3. The summed E-state index contributed by atoms with van der Waals surface area (Å²) in [5.74, 6) is 0.595. The van der Waals surface area contributed by atoms with Gasteiger partial charge in [-0.3, -0.25) is 9.89 Å². The van der Waals surface area contributed by atoms with Gasteiger partial charge in [-0.15, -0.1) is 0 Å². The summed E-state index contributed by atoms with van der Waals surface area (Å²) in [7, 11) is -5.26. The van der Waals surface area contributed by atoms with E-state index in [4.69, 9.17) is 4.74 Å². The zero-order valence-corrected chi connectivity index (χ0v) is 18.0. The molecule has 2 heterocycles. The fraction of sp³-hybridized carbons (Fsp3) is 0.941. The molecule has 0 radical (unpaired) electrons. The highest BCUT2D eigenvalue weighted by molar-refractivity contribution is 7.90. The molecule has 0 bridgehead atoms. The molecule has 2 atom stereocenters. The van der Waals surface area contributed by atoms with Crippen molar-refractivity contribution in [3.05, 3.63) is 0 Å². The maximum Gasteiger partial charge on any atom is 0.511 e. The lowest BCUT2D eigenvalue weighted by molar-refractivity contribution is -0.0494. The van der Waals surface area contributed by atoms with Gasteiger partial charge in [0.25, 0.3) is 0 Å². The van der Waals surface area contributed by atoms with Gasteiger partial charge < -0.3 is 15.4 Å². The van der Waals surface area contributed by atoms with Crippen LogP contribution in [0.15, 0.2) is 4.99 Å². The normalized spacial score (nSPS) is 25.0. The Hall–Kier alpha value is -1.11. The van der Waals surface area contributed by atoms with Crippen molar-refractivity contribution in [3.8, 4) is 0 Å². The molecule has 2 aliphatic rings. The standard InChI is InChI=1S/C17H32F3N5O3S/c1-4-21-16(22-11-13(2)25-9-10-28-12-14(25)3)23-15-5-7-24(8-6-15)29(26,27)17(18,19)20/h13-15H,4-12H2,1-3H3,(H2,21,22,23). The summed E-state index contributed by atoms with van der Waals surface area (Å²) in [6, 6.07) is 0.414. The Kier molecular flexibility index (Phi) is 8.56. The van der Waals surface area contributed by atoms with Crippen LogP contribution in [0.2, 0.25) is 0 Å². The smallest absolute Gasteiger partial charge is 0.379 e. The first-order valence-corrected chi connectivity index (χ1v) is 11.4. The molecule has 8 nitrogen and oxygen atoms in total. The molecule has 2 aliphatic heterocycles. The van der Waals surface area contributed by atoms with Crippen LogP contribution in [-0.4, -0.2) is 93.2 Å². The quantitative estimate of drug-likeness (QED) is 0.470. The van der Waals surface area contributed by atoms with Gasteiger partial charge in [0.2, 0.25) is 0 Å². The minimum Gasteiger partial charge on any atom is -0.379 e. The van der Waals surface area contributed by atoms with Gasteiger partial charge in [0.1, 0.15) is 0 Å². The minimum absolute atomic E-state index is 0.134. The Morgan fingerprint density at radius 2 is 1.93 bits per heavy atom. The lowest BCUT2D eigenvalue weighted by atomic mass is 10.1. The summed E-state index contributed by atoms with van der Waals surface area (Å²) in [6.07, 6.45) is 0.575. The number of guanidine groups is 1. The van der Waals surface area contributed by atoms with Crippen LogP contribution >= 0.6 is 0 Å². The van der Waals surface area contributed by atoms with E-state index in [0.717, 1.165) is 6.54 Å². The first-order chi connectivity index (χ1) is 13.6. The van der Waals surface area contributed by atoms with Gasteiger partial charge in [0.15, 0.2) is 5.96 Å².